The Hall–Kier alpha value is -0.940. The van der Waals surface area contributed by atoms with E-state index in [9.17, 15) is 0 Å². The van der Waals surface area contributed by atoms with E-state index in [2.05, 4.69) is 23.9 Å². The molecule has 5 nitrogen and oxygen atoms in total. The molecular weight excluding hydrogens is 180 g/mol. The summed E-state index contributed by atoms with van der Waals surface area (Å²) in [4.78, 5) is 4.13. The van der Waals surface area contributed by atoms with Crippen LogP contribution in [0.2, 0.25) is 0 Å². The third kappa shape index (κ3) is 3.08. The van der Waals surface area contributed by atoms with Crippen LogP contribution in [-0.2, 0) is 11.3 Å². The molecule has 1 heterocycles. The Morgan fingerprint density at radius 2 is 2.36 bits per heavy atom. The van der Waals surface area contributed by atoms with E-state index in [4.69, 9.17) is 10.5 Å². The van der Waals surface area contributed by atoms with E-state index in [1.807, 2.05) is 4.68 Å². The summed E-state index contributed by atoms with van der Waals surface area (Å²) in [6, 6.07) is 0.325. The summed E-state index contributed by atoms with van der Waals surface area (Å²) in [6.07, 6.45) is 2.44. The standard InChI is InChI=1S/C9H18N4O/c1-8(2)13-9(11-7-12-13)6-14-5-3-4-10/h7-8H,3-6,10H2,1-2H3. The highest BCUT2D eigenvalue weighted by molar-refractivity contribution is 4.83. The molecule has 1 aromatic heterocycles. The fourth-order valence-corrected chi connectivity index (χ4v) is 1.16. The van der Waals surface area contributed by atoms with Crippen molar-refractivity contribution in [2.24, 2.45) is 5.73 Å². The van der Waals surface area contributed by atoms with Crippen molar-refractivity contribution >= 4 is 0 Å². The lowest BCUT2D eigenvalue weighted by Crippen LogP contribution is -2.11. The molecule has 0 radical (unpaired) electrons. The molecule has 0 atom stereocenters. The smallest absolute Gasteiger partial charge is 0.153 e. The van der Waals surface area contributed by atoms with Gasteiger partial charge in [0.1, 0.15) is 12.9 Å². The first-order valence-electron chi connectivity index (χ1n) is 4.92. The Kier molecular flexibility index (Phi) is 4.55. The molecule has 0 aromatic carbocycles. The lowest BCUT2D eigenvalue weighted by atomic mass is 10.4. The molecule has 0 amide bonds. The van der Waals surface area contributed by atoms with E-state index in [1.165, 1.54) is 0 Å². The fraction of sp³-hybridized carbons (Fsp3) is 0.778. The summed E-state index contributed by atoms with van der Waals surface area (Å²) in [6.45, 7) is 5.99. The first-order valence-corrected chi connectivity index (χ1v) is 4.92. The fourth-order valence-electron chi connectivity index (χ4n) is 1.16. The van der Waals surface area contributed by atoms with Crippen molar-refractivity contribution in [3.05, 3.63) is 12.2 Å². The van der Waals surface area contributed by atoms with Gasteiger partial charge in [0.25, 0.3) is 0 Å². The van der Waals surface area contributed by atoms with Gasteiger partial charge in [0.2, 0.25) is 0 Å². The second-order valence-electron chi connectivity index (χ2n) is 3.41. The average molecular weight is 198 g/mol. The van der Waals surface area contributed by atoms with Crippen LogP contribution in [0.3, 0.4) is 0 Å². The minimum atomic E-state index is 0.325. The summed E-state index contributed by atoms with van der Waals surface area (Å²) in [7, 11) is 0. The van der Waals surface area contributed by atoms with E-state index in [0.717, 1.165) is 12.2 Å². The number of aromatic nitrogens is 3. The monoisotopic (exact) mass is 198 g/mol. The maximum absolute atomic E-state index is 5.41. The zero-order valence-corrected chi connectivity index (χ0v) is 8.81. The van der Waals surface area contributed by atoms with Gasteiger partial charge >= 0.3 is 0 Å². The third-order valence-corrected chi connectivity index (χ3v) is 1.86. The third-order valence-electron chi connectivity index (χ3n) is 1.86. The largest absolute Gasteiger partial charge is 0.373 e. The molecule has 0 fully saturated rings. The van der Waals surface area contributed by atoms with Crippen LogP contribution in [0, 0.1) is 0 Å². The normalized spacial score (nSPS) is 11.1. The van der Waals surface area contributed by atoms with Crippen molar-refractivity contribution in [3.8, 4) is 0 Å². The number of ether oxygens (including phenoxy) is 1. The molecule has 2 N–H and O–H groups in total. The topological polar surface area (TPSA) is 66.0 Å². The highest BCUT2D eigenvalue weighted by Crippen LogP contribution is 2.05. The van der Waals surface area contributed by atoms with Gasteiger partial charge in [-0.1, -0.05) is 0 Å². The van der Waals surface area contributed by atoms with Gasteiger partial charge in [-0.3, -0.25) is 0 Å². The minimum absolute atomic E-state index is 0.325. The van der Waals surface area contributed by atoms with Crippen LogP contribution < -0.4 is 5.73 Å². The van der Waals surface area contributed by atoms with Crippen LogP contribution in [0.25, 0.3) is 0 Å². The second-order valence-corrected chi connectivity index (χ2v) is 3.41. The van der Waals surface area contributed by atoms with Crippen LogP contribution in [0.5, 0.6) is 0 Å². The first-order chi connectivity index (χ1) is 6.75. The van der Waals surface area contributed by atoms with Crippen molar-refractivity contribution in [1.29, 1.82) is 0 Å². The van der Waals surface area contributed by atoms with Gasteiger partial charge in [0, 0.05) is 12.6 Å². The molecule has 14 heavy (non-hydrogen) atoms. The van der Waals surface area contributed by atoms with Crippen LogP contribution in [0.15, 0.2) is 6.33 Å². The van der Waals surface area contributed by atoms with Gasteiger partial charge in [-0.15, -0.1) is 0 Å². The molecule has 0 bridgehead atoms. The summed E-state index contributed by atoms with van der Waals surface area (Å²) >= 11 is 0. The zero-order chi connectivity index (χ0) is 10.4. The van der Waals surface area contributed by atoms with Gasteiger partial charge in [-0.25, -0.2) is 9.67 Å². The highest BCUT2D eigenvalue weighted by atomic mass is 16.5. The van der Waals surface area contributed by atoms with Crippen LogP contribution in [-0.4, -0.2) is 27.9 Å². The van der Waals surface area contributed by atoms with Gasteiger partial charge in [0.05, 0.1) is 0 Å². The summed E-state index contributed by atoms with van der Waals surface area (Å²) < 4.78 is 7.27. The quantitative estimate of drug-likeness (QED) is 0.684. The molecule has 0 saturated carbocycles. The van der Waals surface area contributed by atoms with Gasteiger partial charge in [-0.05, 0) is 26.8 Å². The highest BCUT2D eigenvalue weighted by Gasteiger charge is 2.06. The Balaban J connectivity index is 2.38. The van der Waals surface area contributed by atoms with Crippen molar-refractivity contribution < 1.29 is 4.74 Å². The van der Waals surface area contributed by atoms with Crippen molar-refractivity contribution in [3.63, 3.8) is 0 Å². The molecule has 0 aliphatic carbocycles. The van der Waals surface area contributed by atoms with Gasteiger partial charge in [0.15, 0.2) is 5.82 Å². The van der Waals surface area contributed by atoms with E-state index >= 15 is 0 Å². The van der Waals surface area contributed by atoms with E-state index in [1.54, 1.807) is 6.33 Å². The first kappa shape index (κ1) is 11.1. The molecule has 5 heteroatoms. The summed E-state index contributed by atoms with van der Waals surface area (Å²) in [5, 5.41) is 4.12. The van der Waals surface area contributed by atoms with Gasteiger partial charge < -0.3 is 10.5 Å². The Morgan fingerprint density at radius 3 is 3.00 bits per heavy atom. The molecule has 80 valence electrons. The molecule has 0 spiro atoms. The maximum atomic E-state index is 5.41. The molecule has 0 saturated heterocycles. The van der Waals surface area contributed by atoms with Crippen LogP contribution in [0.1, 0.15) is 32.1 Å². The van der Waals surface area contributed by atoms with E-state index in [0.29, 0.717) is 25.8 Å². The van der Waals surface area contributed by atoms with Crippen molar-refractivity contribution in [1.82, 2.24) is 14.8 Å². The number of nitrogens with two attached hydrogens (primary N) is 1. The number of hydrogen-bond acceptors (Lipinski definition) is 4. The summed E-state index contributed by atoms with van der Waals surface area (Å²) in [5.74, 6) is 0.872. The molecule has 0 aliphatic rings. The SMILES string of the molecule is CC(C)n1ncnc1COCCCN. The predicted octanol–water partition coefficient (Wildman–Crippen LogP) is 0.724. The Morgan fingerprint density at radius 1 is 1.57 bits per heavy atom. The number of hydrogen-bond donors (Lipinski definition) is 1. The van der Waals surface area contributed by atoms with E-state index in [-0.39, 0.29) is 0 Å². The number of nitrogens with zero attached hydrogens (tertiary/aromatic N) is 3. The predicted molar refractivity (Wildman–Crippen MR) is 53.7 cm³/mol. The van der Waals surface area contributed by atoms with E-state index < -0.39 is 0 Å². The zero-order valence-electron chi connectivity index (χ0n) is 8.81. The second kappa shape index (κ2) is 5.72. The van der Waals surface area contributed by atoms with Crippen LogP contribution in [0.4, 0.5) is 0 Å². The molecule has 0 unspecified atom stereocenters. The van der Waals surface area contributed by atoms with Crippen LogP contribution >= 0.6 is 0 Å². The Bertz CT molecular complexity index is 259. The summed E-state index contributed by atoms with van der Waals surface area (Å²) in [5.41, 5.74) is 5.35. The van der Waals surface area contributed by atoms with Crippen molar-refractivity contribution in [2.75, 3.05) is 13.2 Å². The molecule has 0 aliphatic heterocycles. The Labute approximate surface area is 84.3 Å². The van der Waals surface area contributed by atoms with Gasteiger partial charge in [-0.2, -0.15) is 5.10 Å². The average Bonchev–Trinajstić information content (AvgIpc) is 2.60. The lowest BCUT2D eigenvalue weighted by molar-refractivity contribution is 0.110. The lowest BCUT2D eigenvalue weighted by Gasteiger charge is -2.09. The van der Waals surface area contributed by atoms with Crippen molar-refractivity contribution in [2.45, 2.75) is 32.9 Å². The molecule has 1 rings (SSSR count). The molecular formula is C9H18N4O. The maximum Gasteiger partial charge on any atom is 0.153 e. The minimum Gasteiger partial charge on any atom is -0.373 e. The molecule has 1 aromatic rings. The number of rotatable bonds is 6.